The van der Waals surface area contributed by atoms with Gasteiger partial charge in [0, 0.05) is 18.9 Å². The van der Waals surface area contributed by atoms with Crippen molar-refractivity contribution in [2.75, 3.05) is 6.54 Å². The largest absolute Gasteiger partial charge is 0.444 e. The summed E-state index contributed by atoms with van der Waals surface area (Å²) in [6.07, 6.45) is 0.0215. The zero-order chi connectivity index (χ0) is 14.3. The molecule has 0 aliphatic rings. The smallest absolute Gasteiger partial charge is 0.407 e. The third-order valence-corrected chi connectivity index (χ3v) is 2.15. The van der Waals surface area contributed by atoms with Gasteiger partial charge in [0.1, 0.15) is 16.4 Å². The average Bonchev–Trinajstić information content (AvgIpc) is 2.14. The van der Waals surface area contributed by atoms with Gasteiger partial charge in [-0.15, -0.1) is 0 Å². The fourth-order valence-electron chi connectivity index (χ4n) is 0.915. The highest BCUT2D eigenvalue weighted by Crippen LogP contribution is 2.06. The number of amides is 1. The molecule has 3 N–H and O–H groups in total. The Morgan fingerprint density at radius 3 is 2.44 bits per heavy atom. The first-order valence-corrected chi connectivity index (χ1v) is 6.36. The average molecular weight is 273 g/mol. The van der Waals surface area contributed by atoms with E-state index in [9.17, 15) is 4.79 Å². The van der Waals surface area contributed by atoms with Crippen molar-refractivity contribution in [3.05, 3.63) is 0 Å². The molecule has 0 aromatic rings. The molecule has 0 aliphatic heterocycles. The number of hydrogen-bond donors (Lipinski definition) is 2. The Morgan fingerprint density at radius 2 is 2.00 bits per heavy atom. The summed E-state index contributed by atoms with van der Waals surface area (Å²) in [5.41, 5.74) is 5.19. The number of nitrogens with zero attached hydrogens (tertiary/aromatic N) is 1. The second kappa shape index (κ2) is 7.31. The van der Waals surface area contributed by atoms with E-state index in [0.29, 0.717) is 23.8 Å². The number of thiocarbonyl (C=S) groups is 1. The van der Waals surface area contributed by atoms with Gasteiger partial charge in [0.2, 0.25) is 0 Å². The van der Waals surface area contributed by atoms with Gasteiger partial charge >= 0.3 is 6.09 Å². The molecule has 0 aliphatic carbocycles. The third kappa shape index (κ3) is 8.92. The lowest BCUT2D eigenvalue weighted by Gasteiger charge is -2.19. The van der Waals surface area contributed by atoms with Crippen LogP contribution in [0.5, 0.6) is 0 Å². The van der Waals surface area contributed by atoms with Crippen molar-refractivity contribution < 1.29 is 9.53 Å². The molecule has 1 amide bonds. The van der Waals surface area contributed by atoms with Crippen LogP contribution in [0.4, 0.5) is 4.79 Å². The first kappa shape index (κ1) is 16.8. The number of amidine groups is 1. The van der Waals surface area contributed by atoms with Crippen LogP contribution in [0.25, 0.3) is 0 Å². The molecule has 0 rings (SSSR count). The summed E-state index contributed by atoms with van der Waals surface area (Å²) in [6.45, 7) is 9.71. The van der Waals surface area contributed by atoms with E-state index in [0.717, 1.165) is 0 Å². The lowest BCUT2D eigenvalue weighted by Crippen LogP contribution is -2.33. The summed E-state index contributed by atoms with van der Waals surface area (Å²) in [7, 11) is 0. The quantitative estimate of drug-likeness (QED) is 0.468. The van der Waals surface area contributed by atoms with Crippen LogP contribution in [0.1, 0.15) is 41.0 Å². The molecular formula is C12H23N3O2S. The minimum atomic E-state index is -0.495. The summed E-state index contributed by atoms with van der Waals surface area (Å²) in [4.78, 5) is 15.9. The first-order chi connectivity index (χ1) is 8.11. The van der Waals surface area contributed by atoms with Crippen LogP contribution in [-0.4, -0.2) is 29.1 Å². The Morgan fingerprint density at radius 1 is 1.44 bits per heavy atom. The number of alkyl carbamates (subject to hydrolysis) is 1. The Kier molecular flexibility index (Phi) is 6.83. The Hall–Kier alpha value is -1.17. The SMILES string of the molecule is CC(C)C(N)=NC(=S)CCNC(=O)OC(C)(C)C. The van der Waals surface area contributed by atoms with Crippen molar-refractivity contribution in [3.63, 3.8) is 0 Å². The van der Waals surface area contributed by atoms with Gasteiger partial charge in [0.25, 0.3) is 0 Å². The molecule has 0 unspecified atom stereocenters. The van der Waals surface area contributed by atoms with Gasteiger partial charge in [-0.05, 0) is 20.8 Å². The van der Waals surface area contributed by atoms with E-state index >= 15 is 0 Å². The molecule has 0 fully saturated rings. The molecule has 18 heavy (non-hydrogen) atoms. The van der Waals surface area contributed by atoms with Gasteiger partial charge in [-0.1, -0.05) is 26.1 Å². The predicted molar refractivity (Wildman–Crippen MR) is 77.9 cm³/mol. The summed E-state index contributed by atoms with van der Waals surface area (Å²) >= 11 is 5.05. The summed E-state index contributed by atoms with van der Waals surface area (Å²) in [5.74, 6) is 0.680. The molecule has 104 valence electrons. The number of carbonyl (C=O) groups is 1. The van der Waals surface area contributed by atoms with Crippen molar-refractivity contribution in [1.29, 1.82) is 0 Å². The minimum Gasteiger partial charge on any atom is -0.444 e. The van der Waals surface area contributed by atoms with Gasteiger partial charge in [0.05, 0.1) is 0 Å². The standard InChI is InChI=1S/C12H23N3O2S/c1-8(2)10(13)15-9(18)6-7-14-11(16)17-12(3,4)5/h8H,6-7H2,1-5H3,(H,14,16)(H2,13,15,18). The lowest BCUT2D eigenvalue weighted by molar-refractivity contribution is 0.0529. The molecule has 0 bridgehead atoms. The van der Waals surface area contributed by atoms with Gasteiger partial charge < -0.3 is 15.8 Å². The van der Waals surface area contributed by atoms with Crippen LogP contribution in [0.2, 0.25) is 0 Å². The van der Waals surface area contributed by atoms with Crippen LogP contribution in [0.3, 0.4) is 0 Å². The van der Waals surface area contributed by atoms with Crippen molar-refractivity contribution in [3.8, 4) is 0 Å². The van der Waals surface area contributed by atoms with Crippen molar-refractivity contribution in [1.82, 2.24) is 5.32 Å². The van der Waals surface area contributed by atoms with Crippen LogP contribution < -0.4 is 11.1 Å². The van der Waals surface area contributed by atoms with E-state index in [1.54, 1.807) is 0 Å². The fourth-order valence-corrected chi connectivity index (χ4v) is 1.12. The highest BCUT2D eigenvalue weighted by molar-refractivity contribution is 7.80. The normalized spacial score (nSPS) is 12.4. The van der Waals surface area contributed by atoms with Gasteiger partial charge in [0.15, 0.2) is 0 Å². The van der Waals surface area contributed by atoms with Crippen molar-refractivity contribution in [2.24, 2.45) is 16.6 Å². The molecular weight excluding hydrogens is 250 g/mol. The molecule has 0 aromatic heterocycles. The van der Waals surface area contributed by atoms with Gasteiger partial charge in [-0.25, -0.2) is 9.79 Å². The van der Waals surface area contributed by atoms with Crippen molar-refractivity contribution >= 4 is 29.1 Å². The maximum Gasteiger partial charge on any atom is 0.407 e. The molecule has 0 radical (unpaired) electrons. The van der Waals surface area contributed by atoms with E-state index in [1.165, 1.54) is 0 Å². The third-order valence-electron chi connectivity index (χ3n) is 1.85. The maximum absolute atomic E-state index is 11.3. The highest BCUT2D eigenvalue weighted by Gasteiger charge is 2.15. The number of hydrogen-bond acceptors (Lipinski definition) is 3. The molecule has 6 heteroatoms. The monoisotopic (exact) mass is 273 g/mol. The number of ether oxygens (including phenoxy) is 1. The molecule has 0 spiro atoms. The number of aliphatic imine (C=N–C) groups is 1. The summed E-state index contributed by atoms with van der Waals surface area (Å²) in [5, 5.41) is 2.61. The van der Waals surface area contributed by atoms with Crippen molar-refractivity contribution in [2.45, 2.75) is 46.6 Å². The Labute approximate surface area is 114 Å². The summed E-state index contributed by atoms with van der Waals surface area (Å²) < 4.78 is 5.09. The molecule has 0 aromatic carbocycles. The van der Waals surface area contributed by atoms with E-state index < -0.39 is 11.7 Å². The van der Waals surface area contributed by atoms with Crippen LogP contribution in [0.15, 0.2) is 4.99 Å². The topological polar surface area (TPSA) is 76.7 Å². The molecule has 5 nitrogen and oxygen atoms in total. The fraction of sp³-hybridized carbons (Fsp3) is 0.750. The summed E-state index contributed by atoms with van der Waals surface area (Å²) in [6, 6.07) is 0. The van der Waals surface area contributed by atoms with Crippen LogP contribution in [-0.2, 0) is 4.74 Å². The second-order valence-electron chi connectivity index (χ2n) is 5.26. The van der Waals surface area contributed by atoms with Gasteiger partial charge in [-0.3, -0.25) is 0 Å². The lowest BCUT2D eigenvalue weighted by atomic mass is 10.2. The van der Waals surface area contributed by atoms with Crippen LogP contribution in [0, 0.1) is 5.92 Å². The highest BCUT2D eigenvalue weighted by atomic mass is 32.1. The van der Waals surface area contributed by atoms with Gasteiger partial charge in [-0.2, -0.15) is 0 Å². The number of rotatable bonds is 4. The second-order valence-corrected chi connectivity index (χ2v) is 5.74. The number of nitrogens with one attached hydrogen (secondary N) is 1. The Balaban J connectivity index is 3.96. The minimum absolute atomic E-state index is 0.168. The number of nitrogens with two attached hydrogens (primary N) is 1. The molecule has 0 atom stereocenters. The van der Waals surface area contributed by atoms with E-state index in [2.05, 4.69) is 10.3 Å². The van der Waals surface area contributed by atoms with E-state index in [-0.39, 0.29) is 5.92 Å². The van der Waals surface area contributed by atoms with Crippen LogP contribution >= 0.6 is 12.2 Å². The molecule has 0 heterocycles. The maximum atomic E-state index is 11.3. The van der Waals surface area contributed by atoms with E-state index in [1.807, 2.05) is 34.6 Å². The van der Waals surface area contributed by atoms with E-state index in [4.69, 9.17) is 22.7 Å². The first-order valence-electron chi connectivity index (χ1n) is 5.95. The molecule has 0 saturated heterocycles. The molecule has 0 saturated carbocycles. The number of carbonyl (C=O) groups excluding carboxylic acids is 1. The Bertz CT molecular complexity index is 333. The zero-order valence-corrected chi connectivity index (χ0v) is 12.6. The predicted octanol–water partition coefficient (Wildman–Crippen LogP) is 2.24. The zero-order valence-electron chi connectivity index (χ0n) is 11.7.